The second-order valence-corrected chi connectivity index (χ2v) is 3.87. The second kappa shape index (κ2) is 4.10. The van der Waals surface area contributed by atoms with Crippen molar-refractivity contribution in [2.24, 2.45) is 0 Å². The average molecular weight is 326 g/mol. The fourth-order valence-electron chi connectivity index (χ4n) is 0.912. The van der Waals surface area contributed by atoms with Gasteiger partial charge in [-0.1, -0.05) is 11.6 Å². The topological polar surface area (TPSA) is 0 Å². The third-order valence-electron chi connectivity index (χ3n) is 1.60. The van der Waals surface area contributed by atoms with E-state index in [1.165, 1.54) is 6.07 Å². The van der Waals surface area contributed by atoms with Gasteiger partial charge in [-0.05, 0) is 28.1 Å². The molecule has 0 unspecified atom stereocenters. The lowest BCUT2D eigenvalue weighted by molar-refractivity contribution is -0.141. The Balaban J connectivity index is 3.41. The van der Waals surface area contributed by atoms with E-state index in [-0.39, 0.29) is 6.07 Å². The van der Waals surface area contributed by atoms with Gasteiger partial charge in [0.2, 0.25) is 0 Å². The van der Waals surface area contributed by atoms with E-state index in [4.69, 9.17) is 11.6 Å². The molecule has 16 heavy (non-hydrogen) atoms. The summed E-state index contributed by atoms with van der Waals surface area (Å²) < 4.78 is 72.7. The third-order valence-corrected chi connectivity index (χ3v) is 3.03. The highest BCUT2D eigenvalue weighted by Crippen LogP contribution is 2.43. The molecule has 0 heterocycles. The van der Waals surface area contributed by atoms with Gasteiger partial charge >= 0.3 is 12.4 Å². The standard InChI is InChI=1S/C8HBrClF6/c9-5-3(7(11,12)13)1-2-4(6(5)10)8(14,15)16/h1H. The maximum absolute atomic E-state index is 12.3. The first-order valence-corrected chi connectivity index (χ1v) is 4.76. The lowest BCUT2D eigenvalue weighted by Crippen LogP contribution is -2.11. The first-order chi connectivity index (χ1) is 7.05. The Labute approximate surface area is 99.3 Å². The lowest BCUT2D eigenvalue weighted by Gasteiger charge is -2.14. The van der Waals surface area contributed by atoms with Crippen molar-refractivity contribution in [1.29, 1.82) is 0 Å². The zero-order valence-corrected chi connectivity index (χ0v) is 9.44. The molecule has 0 saturated heterocycles. The lowest BCUT2D eigenvalue weighted by atomic mass is 10.1. The predicted octanol–water partition coefficient (Wildman–Crippen LogP) is 4.94. The van der Waals surface area contributed by atoms with Crippen LogP contribution >= 0.6 is 27.5 Å². The molecule has 0 N–H and O–H groups in total. The second-order valence-electron chi connectivity index (χ2n) is 2.70. The number of hydrogen-bond donors (Lipinski definition) is 0. The largest absolute Gasteiger partial charge is 0.418 e. The van der Waals surface area contributed by atoms with Crippen LogP contribution in [0.2, 0.25) is 5.02 Å². The molecular formula is C8HBrClF6. The van der Waals surface area contributed by atoms with Gasteiger partial charge in [0.25, 0.3) is 0 Å². The molecule has 0 aliphatic carbocycles. The Kier molecular flexibility index (Phi) is 3.50. The minimum absolute atomic E-state index is 0.207. The Morgan fingerprint density at radius 1 is 1.06 bits per heavy atom. The van der Waals surface area contributed by atoms with E-state index in [0.717, 1.165) is 0 Å². The smallest absolute Gasteiger partial charge is 0.166 e. The molecule has 0 atom stereocenters. The zero-order valence-electron chi connectivity index (χ0n) is 7.10. The number of rotatable bonds is 0. The minimum atomic E-state index is -4.84. The molecule has 0 aliphatic rings. The highest BCUT2D eigenvalue weighted by atomic mass is 79.9. The molecule has 0 bridgehead atoms. The summed E-state index contributed by atoms with van der Waals surface area (Å²) in [4.78, 5) is 0. The summed E-state index contributed by atoms with van der Waals surface area (Å²) >= 11 is 7.58. The molecule has 89 valence electrons. The summed E-state index contributed by atoms with van der Waals surface area (Å²) in [6.07, 6.45) is -9.63. The van der Waals surface area contributed by atoms with Crippen molar-refractivity contribution >= 4 is 27.5 Å². The fourth-order valence-corrected chi connectivity index (χ4v) is 1.71. The molecule has 0 aliphatic heterocycles. The van der Waals surface area contributed by atoms with Crippen LogP contribution in [0.5, 0.6) is 0 Å². The molecule has 0 spiro atoms. The number of halogens is 8. The Morgan fingerprint density at radius 3 is 1.94 bits per heavy atom. The van der Waals surface area contributed by atoms with Gasteiger partial charge in [-0.3, -0.25) is 0 Å². The Bertz CT molecular complexity index is 369. The van der Waals surface area contributed by atoms with E-state index >= 15 is 0 Å². The zero-order chi connectivity index (χ0) is 12.7. The van der Waals surface area contributed by atoms with Crippen molar-refractivity contribution in [1.82, 2.24) is 0 Å². The van der Waals surface area contributed by atoms with Crippen molar-refractivity contribution in [2.45, 2.75) is 12.4 Å². The molecule has 0 fully saturated rings. The number of benzene rings is 1. The van der Waals surface area contributed by atoms with Crippen molar-refractivity contribution in [3.05, 3.63) is 32.8 Å². The molecule has 1 aromatic rings. The summed E-state index contributed by atoms with van der Waals surface area (Å²) in [7, 11) is 0. The summed E-state index contributed by atoms with van der Waals surface area (Å²) in [6, 6.07) is 1.69. The van der Waals surface area contributed by atoms with Gasteiger partial charge in [0.15, 0.2) is 0 Å². The predicted molar refractivity (Wildman–Crippen MR) is 48.0 cm³/mol. The molecule has 0 amide bonds. The Morgan fingerprint density at radius 2 is 1.56 bits per heavy atom. The van der Waals surface area contributed by atoms with Crippen molar-refractivity contribution < 1.29 is 26.3 Å². The van der Waals surface area contributed by atoms with Gasteiger partial charge < -0.3 is 0 Å². The maximum atomic E-state index is 12.3. The van der Waals surface area contributed by atoms with Gasteiger partial charge in [-0.25, -0.2) is 0 Å². The minimum Gasteiger partial charge on any atom is -0.166 e. The normalized spacial score (nSPS) is 13.0. The van der Waals surface area contributed by atoms with Crippen molar-refractivity contribution in [3.63, 3.8) is 0 Å². The highest BCUT2D eigenvalue weighted by Gasteiger charge is 2.39. The fraction of sp³-hybridized carbons (Fsp3) is 0.250. The van der Waals surface area contributed by atoms with E-state index in [0.29, 0.717) is 0 Å². The van der Waals surface area contributed by atoms with Gasteiger partial charge in [0.1, 0.15) is 0 Å². The summed E-state index contributed by atoms with van der Waals surface area (Å²) in [5.41, 5.74) is -2.74. The van der Waals surface area contributed by atoms with Crippen molar-refractivity contribution in [3.8, 4) is 0 Å². The summed E-state index contributed by atoms with van der Waals surface area (Å²) in [5, 5.41) is -1.05. The monoisotopic (exact) mass is 325 g/mol. The summed E-state index contributed by atoms with van der Waals surface area (Å²) in [5.74, 6) is 0. The van der Waals surface area contributed by atoms with Crippen LogP contribution < -0.4 is 0 Å². The summed E-state index contributed by atoms with van der Waals surface area (Å²) in [6.45, 7) is 0. The number of hydrogen-bond acceptors (Lipinski definition) is 0. The van der Waals surface area contributed by atoms with E-state index in [1.807, 2.05) is 0 Å². The SMILES string of the molecule is FC(F)(F)c1[c]cc(C(F)(F)F)c(Br)c1Cl. The van der Waals surface area contributed by atoms with Crippen LogP contribution in [-0.4, -0.2) is 0 Å². The maximum Gasteiger partial charge on any atom is 0.418 e. The van der Waals surface area contributed by atoms with Gasteiger partial charge in [0, 0.05) is 4.47 Å². The van der Waals surface area contributed by atoms with E-state index < -0.39 is 33.0 Å². The van der Waals surface area contributed by atoms with E-state index in [1.54, 1.807) is 0 Å². The van der Waals surface area contributed by atoms with Crippen LogP contribution in [0.3, 0.4) is 0 Å². The molecule has 1 aromatic carbocycles. The first-order valence-electron chi connectivity index (χ1n) is 3.59. The van der Waals surface area contributed by atoms with Gasteiger partial charge in [0.05, 0.1) is 16.1 Å². The molecule has 1 rings (SSSR count). The van der Waals surface area contributed by atoms with Crippen LogP contribution in [0.1, 0.15) is 11.1 Å². The van der Waals surface area contributed by atoms with Gasteiger partial charge in [-0.15, -0.1) is 0 Å². The molecule has 0 saturated carbocycles. The quantitative estimate of drug-likeness (QED) is 0.592. The average Bonchev–Trinajstić information content (AvgIpc) is 2.05. The van der Waals surface area contributed by atoms with Crippen LogP contribution in [0.4, 0.5) is 26.3 Å². The van der Waals surface area contributed by atoms with Crippen molar-refractivity contribution in [2.75, 3.05) is 0 Å². The van der Waals surface area contributed by atoms with E-state index in [9.17, 15) is 26.3 Å². The van der Waals surface area contributed by atoms with Crippen LogP contribution in [0, 0.1) is 6.07 Å². The third kappa shape index (κ3) is 2.63. The van der Waals surface area contributed by atoms with Crippen LogP contribution in [0.15, 0.2) is 10.5 Å². The van der Waals surface area contributed by atoms with Gasteiger partial charge in [-0.2, -0.15) is 26.3 Å². The molecule has 0 aromatic heterocycles. The molecule has 1 radical (unpaired) electrons. The van der Waals surface area contributed by atoms with Crippen LogP contribution in [0.25, 0.3) is 0 Å². The van der Waals surface area contributed by atoms with E-state index in [2.05, 4.69) is 15.9 Å². The molecular weight excluding hydrogens is 325 g/mol. The first kappa shape index (κ1) is 13.6. The molecule has 8 heteroatoms. The molecule has 0 nitrogen and oxygen atoms in total. The Hall–Kier alpha value is -0.430. The van der Waals surface area contributed by atoms with Crippen LogP contribution in [-0.2, 0) is 12.4 Å². The number of alkyl halides is 6. The highest BCUT2D eigenvalue weighted by molar-refractivity contribution is 9.10.